The number of hydrogen-bond donors (Lipinski definition) is 2. The topological polar surface area (TPSA) is 79.4 Å². The first-order valence-electron chi connectivity index (χ1n) is 8.91. The molecule has 0 saturated heterocycles. The predicted octanol–water partition coefficient (Wildman–Crippen LogP) is 3.10. The molecule has 7 nitrogen and oxygen atoms in total. The summed E-state index contributed by atoms with van der Waals surface area (Å²) in [5.41, 5.74) is 0.483. The van der Waals surface area contributed by atoms with E-state index in [0.717, 1.165) is 37.2 Å². The standard InChI is InChI=1S/C18H31N5O2/c1-12-11-15(23(5)6)22-16(19-12)20-13-7-9-14(10-8-13)21-17(24)25-18(2,3)4/h11,13-14H,7-10H2,1-6H3,(H,21,24)(H,19,20,22). The fraction of sp³-hybridized carbons (Fsp3) is 0.722. The van der Waals surface area contributed by atoms with Gasteiger partial charge in [0.05, 0.1) is 0 Å². The molecule has 0 radical (unpaired) electrons. The lowest BCUT2D eigenvalue weighted by atomic mass is 9.91. The van der Waals surface area contributed by atoms with E-state index in [1.54, 1.807) is 0 Å². The van der Waals surface area contributed by atoms with Gasteiger partial charge in [0.25, 0.3) is 0 Å². The molecule has 0 aliphatic heterocycles. The zero-order chi connectivity index (χ0) is 18.6. The maximum absolute atomic E-state index is 11.9. The third-order valence-electron chi connectivity index (χ3n) is 4.08. The van der Waals surface area contributed by atoms with Crippen molar-refractivity contribution in [3.8, 4) is 0 Å². The highest BCUT2D eigenvalue weighted by Crippen LogP contribution is 2.22. The summed E-state index contributed by atoms with van der Waals surface area (Å²) in [6.07, 6.45) is 3.44. The number of ether oxygens (including phenoxy) is 1. The number of carbonyl (C=O) groups is 1. The second kappa shape index (κ2) is 7.89. The summed E-state index contributed by atoms with van der Waals surface area (Å²) in [5, 5.41) is 6.40. The van der Waals surface area contributed by atoms with Crippen molar-refractivity contribution < 1.29 is 9.53 Å². The van der Waals surface area contributed by atoms with Crippen LogP contribution in [-0.2, 0) is 4.74 Å². The van der Waals surface area contributed by atoms with E-state index in [0.29, 0.717) is 12.0 Å². The van der Waals surface area contributed by atoms with Crippen LogP contribution in [0.5, 0.6) is 0 Å². The van der Waals surface area contributed by atoms with Gasteiger partial charge in [-0.15, -0.1) is 0 Å². The molecule has 1 saturated carbocycles. The van der Waals surface area contributed by atoms with Crippen molar-refractivity contribution in [1.82, 2.24) is 15.3 Å². The van der Waals surface area contributed by atoms with Crippen molar-refractivity contribution in [2.45, 2.75) is 71.1 Å². The molecule has 140 valence electrons. The first-order chi connectivity index (χ1) is 11.6. The number of aryl methyl sites for hydroxylation is 1. The van der Waals surface area contributed by atoms with Crippen LogP contribution in [0.3, 0.4) is 0 Å². The molecule has 1 amide bonds. The minimum atomic E-state index is -0.463. The van der Waals surface area contributed by atoms with Crippen LogP contribution in [0.15, 0.2) is 6.07 Å². The van der Waals surface area contributed by atoms with Crippen LogP contribution in [0.25, 0.3) is 0 Å². The normalized spacial score (nSPS) is 20.7. The predicted molar refractivity (Wildman–Crippen MR) is 100 cm³/mol. The molecule has 0 atom stereocenters. The number of alkyl carbamates (subject to hydrolysis) is 1. The van der Waals surface area contributed by atoms with E-state index in [1.807, 2.05) is 52.8 Å². The molecular formula is C18H31N5O2. The number of carbonyl (C=O) groups excluding carboxylic acids is 1. The molecule has 1 aromatic heterocycles. The third-order valence-corrected chi connectivity index (χ3v) is 4.08. The third kappa shape index (κ3) is 6.40. The number of amides is 1. The van der Waals surface area contributed by atoms with Crippen molar-refractivity contribution in [3.63, 3.8) is 0 Å². The summed E-state index contributed by atoms with van der Waals surface area (Å²) in [5.74, 6) is 1.57. The Balaban J connectivity index is 1.84. The van der Waals surface area contributed by atoms with E-state index in [9.17, 15) is 4.79 Å². The molecule has 7 heteroatoms. The lowest BCUT2D eigenvalue weighted by Gasteiger charge is -2.30. The molecule has 1 aliphatic carbocycles. The van der Waals surface area contributed by atoms with E-state index >= 15 is 0 Å². The van der Waals surface area contributed by atoms with E-state index in [2.05, 4.69) is 20.6 Å². The Kier molecular flexibility index (Phi) is 6.08. The number of nitrogens with one attached hydrogen (secondary N) is 2. The summed E-state index contributed by atoms with van der Waals surface area (Å²) < 4.78 is 5.32. The van der Waals surface area contributed by atoms with Crippen molar-refractivity contribution >= 4 is 17.9 Å². The van der Waals surface area contributed by atoms with Gasteiger partial charge in [-0.05, 0) is 53.4 Å². The summed E-state index contributed by atoms with van der Waals surface area (Å²) in [6, 6.07) is 2.46. The number of anilines is 2. The minimum absolute atomic E-state index is 0.170. The molecule has 1 heterocycles. The van der Waals surface area contributed by atoms with Gasteiger partial charge in [-0.2, -0.15) is 4.98 Å². The van der Waals surface area contributed by atoms with Gasteiger partial charge in [0.15, 0.2) is 0 Å². The Hall–Kier alpha value is -2.05. The molecule has 0 unspecified atom stereocenters. The lowest BCUT2D eigenvalue weighted by molar-refractivity contribution is 0.0492. The van der Waals surface area contributed by atoms with Crippen molar-refractivity contribution in [3.05, 3.63) is 11.8 Å². The van der Waals surface area contributed by atoms with E-state index in [-0.39, 0.29) is 12.1 Å². The number of hydrogen-bond acceptors (Lipinski definition) is 6. The summed E-state index contributed by atoms with van der Waals surface area (Å²) in [4.78, 5) is 22.9. The lowest BCUT2D eigenvalue weighted by Crippen LogP contribution is -2.42. The number of nitrogens with zero attached hydrogens (tertiary/aromatic N) is 3. The van der Waals surface area contributed by atoms with E-state index < -0.39 is 5.60 Å². The van der Waals surface area contributed by atoms with Gasteiger partial charge in [-0.3, -0.25) is 0 Å². The Morgan fingerprint density at radius 1 is 1.16 bits per heavy atom. The molecule has 1 aliphatic rings. The van der Waals surface area contributed by atoms with Crippen LogP contribution in [0, 0.1) is 6.92 Å². The highest BCUT2D eigenvalue weighted by Gasteiger charge is 2.25. The van der Waals surface area contributed by atoms with Crippen LogP contribution in [0.1, 0.15) is 52.1 Å². The monoisotopic (exact) mass is 349 g/mol. The number of aromatic nitrogens is 2. The van der Waals surface area contributed by atoms with Crippen molar-refractivity contribution in [2.75, 3.05) is 24.3 Å². The Morgan fingerprint density at radius 2 is 1.76 bits per heavy atom. The fourth-order valence-electron chi connectivity index (χ4n) is 2.88. The zero-order valence-corrected chi connectivity index (χ0v) is 16.2. The second-order valence-corrected chi connectivity index (χ2v) is 7.92. The highest BCUT2D eigenvalue weighted by molar-refractivity contribution is 5.68. The zero-order valence-electron chi connectivity index (χ0n) is 16.2. The second-order valence-electron chi connectivity index (χ2n) is 7.92. The molecule has 2 N–H and O–H groups in total. The van der Waals surface area contributed by atoms with Gasteiger partial charge >= 0.3 is 6.09 Å². The Bertz CT molecular complexity index is 590. The highest BCUT2D eigenvalue weighted by atomic mass is 16.6. The SMILES string of the molecule is Cc1cc(N(C)C)nc(NC2CCC(NC(=O)OC(C)(C)C)CC2)n1. The van der Waals surface area contributed by atoms with Gasteiger partial charge < -0.3 is 20.3 Å². The van der Waals surface area contributed by atoms with E-state index in [4.69, 9.17) is 4.74 Å². The minimum Gasteiger partial charge on any atom is -0.444 e. The molecule has 1 fully saturated rings. The molecule has 0 bridgehead atoms. The first-order valence-corrected chi connectivity index (χ1v) is 8.91. The molecule has 1 aromatic rings. The van der Waals surface area contributed by atoms with Gasteiger partial charge in [0, 0.05) is 37.9 Å². The molecular weight excluding hydrogens is 318 g/mol. The van der Waals surface area contributed by atoms with Gasteiger partial charge in [0.1, 0.15) is 11.4 Å². The maximum atomic E-state index is 11.9. The molecule has 25 heavy (non-hydrogen) atoms. The van der Waals surface area contributed by atoms with Gasteiger partial charge in [0.2, 0.25) is 5.95 Å². The smallest absolute Gasteiger partial charge is 0.407 e. The van der Waals surface area contributed by atoms with Crippen LogP contribution < -0.4 is 15.5 Å². The van der Waals surface area contributed by atoms with Crippen LogP contribution in [0.2, 0.25) is 0 Å². The van der Waals surface area contributed by atoms with E-state index in [1.165, 1.54) is 0 Å². The van der Waals surface area contributed by atoms with Crippen molar-refractivity contribution in [2.24, 2.45) is 0 Å². The Morgan fingerprint density at radius 3 is 2.32 bits per heavy atom. The van der Waals surface area contributed by atoms with Crippen LogP contribution in [0.4, 0.5) is 16.6 Å². The molecule has 0 aromatic carbocycles. The van der Waals surface area contributed by atoms with Crippen molar-refractivity contribution in [1.29, 1.82) is 0 Å². The first kappa shape index (κ1) is 19.3. The van der Waals surface area contributed by atoms with Gasteiger partial charge in [-0.25, -0.2) is 9.78 Å². The molecule has 2 rings (SSSR count). The summed E-state index contributed by atoms with van der Waals surface area (Å²) in [7, 11) is 3.94. The molecule has 0 spiro atoms. The summed E-state index contributed by atoms with van der Waals surface area (Å²) in [6.45, 7) is 7.59. The average molecular weight is 349 g/mol. The average Bonchev–Trinajstić information content (AvgIpc) is 2.46. The fourth-order valence-corrected chi connectivity index (χ4v) is 2.88. The Labute approximate surface area is 150 Å². The quantitative estimate of drug-likeness (QED) is 0.869. The van der Waals surface area contributed by atoms with Crippen LogP contribution in [-0.4, -0.2) is 47.8 Å². The number of rotatable bonds is 4. The van der Waals surface area contributed by atoms with Crippen LogP contribution >= 0.6 is 0 Å². The van der Waals surface area contributed by atoms with Gasteiger partial charge in [-0.1, -0.05) is 0 Å². The largest absolute Gasteiger partial charge is 0.444 e. The maximum Gasteiger partial charge on any atom is 0.407 e. The summed E-state index contributed by atoms with van der Waals surface area (Å²) >= 11 is 0.